The standard InChI is InChI=1S/C14H15ClN2/c15-14-12-8-13(10-4-2-1-3-5-10)17-9-11(12)6-7-16-14/h6-10H,1-5H2. The van der Waals surface area contributed by atoms with E-state index in [1.165, 1.54) is 37.8 Å². The molecule has 1 aliphatic carbocycles. The molecular weight excluding hydrogens is 232 g/mol. The summed E-state index contributed by atoms with van der Waals surface area (Å²) in [4.78, 5) is 8.72. The van der Waals surface area contributed by atoms with Crippen LogP contribution in [0, 0.1) is 0 Å². The predicted octanol–water partition coefficient (Wildman–Crippen LogP) is 4.33. The molecule has 2 aromatic rings. The summed E-state index contributed by atoms with van der Waals surface area (Å²) in [6, 6.07) is 4.08. The van der Waals surface area contributed by atoms with Crippen LogP contribution in [0.2, 0.25) is 5.15 Å². The highest BCUT2D eigenvalue weighted by Gasteiger charge is 2.17. The molecule has 2 nitrogen and oxygen atoms in total. The van der Waals surface area contributed by atoms with Crippen LogP contribution >= 0.6 is 11.6 Å². The third kappa shape index (κ3) is 2.14. The fraction of sp³-hybridized carbons (Fsp3) is 0.429. The van der Waals surface area contributed by atoms with Crippen molar-refractivity contribution in [2.75, 3.05) is 0 Å². The molecule has 0 aromatic carbocycles. The largest absolute Gasteiger partial charge is 0.260 e. The molecule has 0 N–H and O–H groups in total. The van der Waals surface area contributed by atoms with Crippen LogP contribution in [-0.2, 0) is 0 Å². The van der Waals surface area contributed by atoms with Crippen molar-refractivity contribution in [1.82, 2.24) is 9.97 Å². The van der Waals surface area contributed by atoms with Crippen molar-refractivity contribution in [2.24, 2.45) is 0 Å². The fourth-order valence-electron chi connectivity index (χ4n) is 2.67. The Hall–Kier alpha value is -1.15. The number of pyridine rings is 2. The van der Waals surface area contributed by atoms with Crippen molar-refractivity contribution in [3.05, 3.63) is 35.4 Å². The third-order valence-corrected chi connectivity index (χ3v) is 3.94. The van der Waals surface area contributed by atoms with E-state index < -0.39 is 0 Å². The Kier molecular flexibility index (Phi) is 2.98. The smallest absolute Gasteiger partial charge is 0.136 e. The van der Waals surface area contributed by atoms with E-state index in [0.29, 0.717) is 11.1 Å². The molecule has 2 heterocycles. The van der Waals surface area contributed by atoms with Crippen molar-refractivity contribution < 1.29 is 0 Å². The zero-order chi connectivity index (χ0) is 11.7. The minimum absolute atomic E-state index is 0.585. The first kappa shape index (κ1) is 11.0. The second-order valence-electron chi connectivity index (χ2n) is 4.77. The highest BCUT2D eigenvalue weighted by atomic mass is 35.5. The maximum Gasteiger partial charge on any atom is 0.136 e. The van der Waals surface area contributed by atoms with Crippen LogP contribution in [-0.4, -0.2) is 9.97 Å². The molecule has 1 aliphatic rings. The molecule has 1 saturated carbocycles. The van der Waals surface area contributed by atoms with Crippen LogP contribution in [0.4, 0.5) is 0 Å². The zero-order valence-electron chi connectivity index (χ0n) is 9.69. The molecule has 0 aliphatic heterocycles. The van der Waals surface area contributed by atoms with Gasteiger partial charge in [-0.1, -0.05) is 30.9 Å². The van der Waals surface area contributed by atoms with Gasteiger partial charge in [0.25, 0.3) is 0 Å². The molecular formula is C14H15ClN2. The quantitative estimate of drug-likeness (QED) is 0.700. The van der Waals surface area contributed by atoms with Gasteiger partial charge in [-0.2, -0.15) is 0 Å². The molecule has 0 spiro atoms. The highest BCUT2D eigenvalue weighted by Crippen LogP contribution is 2.33. The Balaban J connectivity index is 2.03. The minimum Gasteiger partial charge on any atom is -0.260 e. The second kappa shape index (κ2) is 4.61. The number of halogens is 1. The van der Waals surface area contributed by atoms with Crippen LogP contribution in [0.25, 0.3) is 10.8 Å². The first-order chi connectivity index (χ1) is 8.34. The Bertz CT molecular complexity index is 533. The number of fused-ring (bicyclic) bond motifs is 1. The van der Waals surface area contributed by atoms with E-state index in [1.807, 2.05) is 12.3 Å². The fourth-order valence-corrected chi connectivity index (χ4v) is 2.89. The van der Waals surface area contributed by atoms with Crippen LogP contribution < -0.4 is 0 Å². The number of aromatic nitrogens is 2. The molecule has 2 aromatic heterocycles. The van der Waals surface area contributed by atoms with Crippen LogP contribution in [0.1, 0.15) is 43.7 Å². The lowest BCUT2D eigenvalue weighted by Gasteiger charge is -2.21. The number of hydrogen-bond acceptors (Lipinski definition) is 2. The molecule has 3 heteroatoms. The first-order valence-electron chi connectivity index (χ1n) is 6.25. The molecule has 0 amide bonds. The Morgan fingerprint density at radius 3 is 2.76 bits per heavy atom. The van der Waals surface area contributed by atoms with E-state index in [9.17, 15) is 0 Å². The summed E-state index contributed by atoms with van der Waals surface area (Å²) in [5.74, 6) is 0.615. The summed E-state index contributed by atoms with van der Waals surface area (Å²) in [7, 11) is 0. The van der Waals surface area contributed by atoms with Crippen LogP contribution in [0.15, 0.2) is 24.5 Å². The number of nitrogens with zero attached hydrogens (tertiary/aromatic N) is 2. The van der Waals surface area contributed by atoms with Gasteiger partial charge < -0.3 is 0 Å². The van der Waals surface area contributed by atoms with Crippen molar-refractivity contribution in [1.29, 1.82) is 0 Å². The average Bonchev–Trinajstić information content (AvgIpc) is 2.40. The molecule has 0 atom stereocenters. The van der Waals surface area contributed by atoms with Gasteiger partial charge >= 0.3 is 0 Å². The molecule has 17 heavy (non-hydrogen) atoms. The van der Waals surface area contributed by atoms with Gasteiger partial charge in [-0.15, -0.1) is 0 Å². The van der Waals surface area contributed by atoms with Gasteiger partial charge in [0, 0.05) is 34.8 Å². The van der Waals surface area contributed by atoms with Crippen molar-refractivity contribution in [3.63, 3.8) is 0 Å². The SMILES string of the molecule is Clc1nccc2cnc(C3CCCCC3)cc12. The van der Waals surface area contributed by atoms with Gasteiger partial charge in [-0.05, 0) is 25.0 Å². The van der Waals surface area contributed by atoms with Gasteiger partial charge in [0.2, 0.25) is 0 Å². The summed E-state index contributed by atoms with van der Waals surface area (Å²) < 4.78 is 0. The summed E-state index contributed by atoms with van der Waals surface area (Å²) in [6.07, 6.45) is 10.2. The van der Waals surface area contributed by atoms with Crippen molar-refractivity contribution in [2.45, 2.75) is 38.0 Å². The molecule has 0 saturated heterocycles. The summed E-state index contributed by atoms with van der Waals surface area (Å²) >= 11 is 6.13. The van der Waals surface area contributed by atoms with E-state index >= 15 is 0 Å². The van der Waals surface area contributed by atoms with Crippen molar-refractivity contribution >= 4 is 22.4 Å². The van der Waals surface area contributed by atoms with E-state index in [1.54, 1.807) is 6.20 Å². The maximum absolute atomic E-state index is 6.13. The molecule has 1 fully saturated rings. The number of rotatable bonds is 1. The summed E-state index contributed by atoms with van der Waals surface area (Å²) in [6.45, 7) is 0. The van der Waals surface area contributed by atoms with Gasteiger partial charge in [-0.25, -0.2) is 4.98 Å². The Labute approximate surface area is 106 Å². The van der Waals surface area contributed by atoms with Crippen molar-refractivity contribution in [3.8, 4) is 0 Å². The van der Waals surface area contributed by atoms with Gasteiger partial charge in [-0.3, -0.25) is 4.98 Å². The molecule has 88 valence electrons. The lowest BCUT2D eigenvalue weighted by Crippen LogP contribution is -2.06. The van der Waals surface area contributed by atoms with Gasteiger partial charge in [0.1, 0.15) is 5.15 Å². The van der Waals surface area contributed by atoms with E-state index in [-0.39, 0.29) is 0 Å². The third-order valence-electron chi connectivity index (χ3n) is 3.64. The van der Waals surface area contributed by atoms with E-state index in [2.05, 4.69) is 16.0 Å². The van der Waals surface area contributed by atoms with Crippen LogP contribution in [0.5, 0.6) is 0 Å². The monoisotopic (exact) mass is 246 g/mol. The summed E-state index contributed by atoms with van der Waals surface area (Å²) in [5, 5.41) is 2.69. The van der Waals surface area contributed by atoms with Gasteiger partial charge in [0.05, 0.1) is 0 Å². The van der Waals surface area contributed by atoms with Gasteiger partial charge in [0.15, 0.2) is 0 Å². The average molecular weight is 247 g/mol. The Morgan fingerprint density at radius 1 is 1.12 bits per heavy atom. The Morgan fingerprint density at radius 2 is 1.94 bits per heavy atom. The van der Waals surface area contributed by atoms with E-state index in [0.717, 1.165) is 10.8 Å². The topological polar surface area (TPSA) is 25.8 Å². The highest BCUT2D eigenvalue weighted by molar-refractivity contribution is 6.34. The minimum atomic E-state index is 0.585. The molecule has 0 bridgehead atoms. The lowest BCUT2D eigenvalue weighted by molar-refractivity contribution is 0.437. The molecule has 0 unspecified atom stereocenters. The second-order valence-corrected chi connectivity index (χ2v) is 5.13. The first-order valence-corrected chi connectivity index (χ1v) is 6.62. The normalized spacial score (nSPS) is 17.5. The molecule has 0 radical (unpaired) electrons. The van der Waals surface area contributed by atoms with E-state index in [4.69, 9.17) is 11.6 Å². The number of hydrogen-bond donors (Lipinski definition) is 0. The summed E-state index contributed by atoms with van der Waals surface area (Å²) in [5.41, 5.74) is 1.19. The maximum atomic E-state index is 6.13. The zero-order valence-corrected chi connectivity index (χ0v) is 10.5. The predicted molar refractivity (Wildman–Crippen MR) is 70.4 cm³/mol. The molecule has 3 rings (SSSR count). The van der Waals surface area contributed by atoms with Crippen LogP contribution in [0.3, 0.4) is 0 Å². The lowest BCUT2D eigenvalue weighted by atomic mass is 9.86.